The third-order valence-corrected chi connectivity index (χ3v) is 8.99. The van der Waals surface area contributed by atoms with Gasteiger partial charge in [0.1, 0.15) is 23.9 Å². The van der Waals surface area contributed by atoms with Crippen LogP contribution in [0.5, 0.6) is 0 Å². The van der Waals surface area contributed by atoms with Gasteiger partial charge in [-0.2, -0.15) is 0 Å². The maximum atomic E-state index is 14.5. The molecule has 1 aliphatic carbocycles. The molecule has 240 valence electrons. The van der Waals surface area contributed by atoms with Crippen molar-refractivity contribution in [2.24, 2.45) is 17.6 Å². The Morgan fingerprint density at radius 2 is 1.69 bits per heavy atom. The summed E-state index contributed by atoms with van der Waals surface area (Å²) in [6, 6.07) is 13.6. The molecule has 1 saturated heterocycles. The van der Waals surface area contributed by atoms with Gasteiger partial charge in [0.05, 0.1) is 12.1 Å². The Hall–Kier alpha value is -4.41. The number of carboxylic acids is 1. The van der Waals surface area contributed by atoms with Crippen LogP contribution >= 0.6 is 0 Å². The molecule has 45 heavy (non-hydrogen) atoms. The van der Waals surface area contributed by atoms with Crippen molar-refractivity contribution in [2.75, 3.05) is 6.67 Å². The Balaban J connectivity index is 1.46. The molecule has 0 bridgehead atoms. The van der Waals surface area contributed by atoms with Crippen molar-refractivity contribution in [1.29, 1.82) is 0 Å². The third-order valence-electron chi connectivity index (χ3n) is 8.99. The molecule has 11 heteroatoms. The van der Waals surface area contributed by atoms with Crippen LogP contribution in [0, 0.1) is 11.8 Å². The zero-order valence-electron chi connectivity index (χ0n) is 25.7. The van der Waals surface area contributed by atoms with E-state index in [1.54, 1.807) is 45.0 Å². The average molecular weight is 622 g/mol. The molecule has 1 saturated carbocycles. The van der Waals surface area contributed by atoms with Crippen LogP contribution in [0.1, 0.15) is 86.5 Å². The van der Waals surface area contributed by atoms with E-state index < -0.39 is 60.2 Å². The molecule has 4 atom stereocenters. The average Bonchev–Trinajstić information content (AvgIpc) is 3.59. The zero-order chi connectivity index (χ0) is 32.5. The number of rotatable bonds is 8. The Kier molecular flexibility index (Phi) is 9.18. The van der Waals surface area contributed by atoms with Crippen molar-refractivity contribution in [3.8, 4) is 0 Å². The third kappa shape index (κ3) is 6.67. The highest BCUT2D eigenvalue weighted by atomic mass is 19.1. The van der Waals surface area contributed by atoms with Crippen molar-refractivity contribution in [3.63, 3.8) is 0 Å². The normalized spacial score (nSPS) is 24.3. The molecular weight excluding hydrogens is 581 g/mol. The number of halogens is 1. The molecule has 3 aromatic rings. The smallest absolute Gasteiger partial charge is 0.407 e. The first-order valence-corrected chi connectivity index (χ1v) is 15.4. The van der Waals surface area contributed by atoms with Gasteiger partial charge in [-0.1, -0.05) is 48.5 Å². The van der Waals surface area contributed by atoms with Gasteiger partial charge in [-0.3, -0.25) is 9.59 Å². The highest BCUT2D eigenvalue weighted by Crippen LogP contribution is 2.50. The number of likely N-dealkylation sites (tertiary alicyclic amines) is 1. The van der Waals surface area contributed by atoms with Crippen LogP contribution < -0.4 is 11.1 Å². The lowest BCUT2D eigenvalue weighted by atomic mass is 9.78. The standard InChI is InChI=1S/C34H40FN3O7/c1-34(2,3)45-33(43)37-24(18-35)20-13-15-21(16-14-20)31(40)38-25(17-23(28(38)30(36)39)19-9-5-4-6-10-19)27-22-11-7-8-12-26(22)44-29(27)32(41)42/h4-12,20-21,23-25,28H,13-18H2,1-3H3,(H2,36,39)(H,37,43)(H,41,42)/t20-,21-,23-,24?,25?,28-/m0/s1. The number of carboxylic acid groups (broad SMARTS) is 1. The summed E-state index contributed by atoms with van der Waals surface area (Å²) in [5, 5.41) is 13.3. The van der Waals surface area contributed by atoms with E-state index in [4.69, 9.17) is 14.9 Å². The van der Waals surface area contributed by atoms with E-state index in [0.29, 0.717) is 42.2 Å². The molecule has 1 aromatic heterocycles. The number of carbonyl (C=O) groups excluding carboxylic acids is 3. The number of hydrogen-bond donors (Lipinski definition) is 3. The molecule has 2 fully saturated rings. The van der Waals surface area contributed by atoms with Crippen LogP contribution in [0.15, 0.2) is 59.0 Å². The summed E-state index contributed by atoms with van der Waals surface area (Å²) in [7, 11) is 0. The molecule has 4 N–H and O–H groups in total. The maximum Gasteiger partial charge on any atom is 0.407 e. The van der Waals surface area contributed by atoms with E-state index >= 15 is 0 Å². The van der Waals surface area contributed by atoms with Gasteiger partial charge in [0, 0.05) is 22.8 Å². The molecule has 2 unspecified atom stereocenters. The number of primary amides is 1. The number of para-hydroxylation sites is 1. The molecule has 0 spiro atoms. The van der Waals surface area contributed by atoms with Gasteiger partial charge in [0.25, 0.3) is 0 Å². The lowest BCUT2D eigenvalue weighted by Gasteiger charge is -2.37. The fraction of sp³-hybridized carbons (Fsp3) is 0.471. The number of nitrogens with one attached hydrogen (secondary N) is 1. The molecule has 2 heterocycles. The second-order valence-corrected chi connectivity index (χ2v) is 13.0. The number of amides is 3. The van der Waals surface area contributed by atoms with Crippen LogP contribution in [-0.2, 0) is 14.3 Å². The highest BCUT2D eigenvalue weighted by molar-refractivity contribution is 5.97. The number of nitrogens with zero attached hydrogens (tertiary/aromatic N) is 1. The highest BCUT2D eigenvalue weighted by Gasteiger charge is 2.51. The molecule has 1 aliphatic heterocycles. The fourth-order valence-corrected chi connectivity index (χ4v) is 7.05. The van der Waals surface area contributed by atoms with Crippen molar-refractivity contribution in [1.82, 2.24) is 10.2 Å². The number of furan rings is 1. The van der Waals surface area contributed by atoms with Gasteiger partial charge >= 0.3 is 12.1 Å². The Morgan fingerprint density at radius 3 is 2.29 bits per heavy atom. The Bertz CT molecular complexity index is 1560. The number of benzene rings is 2. The van der Waals surface area contributed by atoms with E-state index in [1.165, 1.54) is 4.90 Å². The molecule has 3 amide bonds. The summed E-state index contributed by atoms with van der Waals surface area (Å²) >= 11 is 0. The van der Waals surface area contributed by atoms with E-state index in [9.17, 15) is 28.7 Å². The van der Waals surface area contributed by atoms with E-state index in [-0.39, 0.29) is 24.0 Å². The van der Waals surface area contributed by atoms with Crippen molar-refractivity contribution >= 4 is 34.8 Å². The lowest BCUT2D eigenvalue weighted by molar-refractivity contribution is -0.144. The lowest BCUT2D eigenvalue weighted by Crippen LogP contribution is -2.50. The molecule has 5 rings (SSSR count). The quantitative estimate of drug-likeness (QED) is 0.291. The Morgan fingerprint density at radius 1 is 1.04 bits per heavy atom. The number of carbonyl (C=O) groups is 4. The number of alkyl halides is 1. The number of alkyl carbamates (subject to hydrolysis) is 1. The maximum absolute atomic E-state index is 14.5. The van der Waals surface area contributed by atoms with Crippen LogP contribution in [0.4, 0.5) is 9.18 Å². The first-order chi connectivity index (χ1) is 21.4. The zero-order valence-corrected chi connectivity index (χ0v) is 25.7. The molecule has 2 aromatic carbocycles. The molecule has 2 aliphatic rings. The monoisotopic (exact) mass is 621 g/mol. The summed E-state index contributed by atoms with van der Waals surface area (Å²) in [5.74, 6) is -3.73. The van der Waals surface area contributed by atoms with Crippen molar-refractivity contribution in [2.45, 2.75) is 82.5 Å². The largest absolute Gasteiger partial charge is 0.475 e. The minimum atomic E-state index is -1.28. The molecular formula is C34H40FN3O7. The summed E-state index contributed by atoms with van der Waals surface area (Å²) in [6.45, 7) is 4.41. The van der Waals surface area contributed by atoms with E-state index in [0.717, 1.165) is 5.56 Å². The van der Waals surface area contributed by atoms with E-state index in [1.807, 2.05) is 30.3 Å². The first kappa shape index (κ1) is 32.0. The number of ether oxygens (including phenoxy) is 1. The minimum Gasteiger partial charge on any atom is -0.475 e. The number of fused-ring (bicyclic) bond motifs is 1. The van der Waals surface area contributed by atoms with Gasteiger partial charge in [0.2, 0.25) is 17.6 Å². The topological polar surface area (TPSA) is 152 Å². The van der Waals surface area contributed by atoms with Gasteiger partial charge in [-0.15, -0.1) is 0 Å². The van der Waals surface area contributed by atoms with Crippen molar-refractivity contribution in [3.05, 3.63) is 71.5 Å². The number of hydrogen-bond acceptors (Lipinski definition) is 6. The summed E-state index contributed by atoms with van der Waals surface area (Å²) < 4.78 is 25.1. The first-order valence-electron chi connectivity index (χ1n) is 15.4. The van der Waals surface area contributed by atoms with Gasteiger partial charge in [-0.25, -0.2) is 14.0 Å². The number of aromatic carboxylic acids is 1. The fourth-order valence-electron chi connectivity index (χ4n) is 7.05. The van der Waals surface area contributed by atoms with Crippen molar-refractivity contribution < 1.29 is 37.8 Å². The summed E-state index contributed by atoms with van der Waals surface area (Å²) in [6.07, 6.45) is 1.32. The molecule has 0 radical (unpaired) electrons. The van der Waals surface area contributed by atoms with Gasteiger partial charge in [-0.05, 0) is 70.4 Å². The SMILES string of the molecule is CC(C)(C)OC(=O)NC(CF)[C@H]1CC[C@H](C(=O)N2C(c3c(C(=O)O)oc4ccccc34)C[C@@H](c3ccccc3)[C@H]2C(N)=O)CC1. The Labute approximate surface area is 261 Å². The van der Waals surface area contributed by atoms with Crippen LogP contribution in [0.2, 0.25) is 0 Å². The van der Waals surface area contributed by atoms with Crippen LogP contribution in [0.25, 0.3) is 11.0 Å². The van der Waals surface area contributed by atoms with Gasteiger partial charge in [0.15, 0.2) is 0 Å². The summed E-state index contributed by atoms with van der Waals surface area (Å²) in [4.78, 5) is 53.9. The van der Waals surface area contributed by atoms with Gasteiger partial charge < -0.3 is 30.2 Å². The second kappa shape index (κ2) is 12.9. The summed E-state index contributed by atoms with van der Waals surface area (Å²) in [5.41, 5.74) is 6.81. The number of nitrogens with two attached hydrogens (primary N) is 1. The van der Waals surface area contributed by atoms with Crippen LogP contribution in [-0.4, -0.2) is 58.2 Å². The van der Waals surface area contributed by atoms with Crippen LogP contribution in [0.3, 0.4) is 0 Å². The minimum absolute atomic E-state index is 0.207. The predicted molar refractivity (Wildman–Crippen MR) is 164 cm³/mol. The van der Waals surface area contributed by atoms with E-state index in [2.05, 4.69) is 5.32 Å². The second-order valence-electron chi connectivity index (χ2n) is 13.0. The molecule has 10 nitrogen and oxygen atoms in total. The predicted octanol–water partition coefficient (Wildman–Crippen LogP) is 5.71.